The Hall–Kier alpha value is -1.78. The van der Waals surface area contributed by atoms with Crippen molar-refractivity contribution >= 4 is 16.9 Å². The van der Waals surface area contributed by atoms with Gasteiger partial charge in [0.25, 0.3) is 0 Å². The largest absolute Gasteiger partial charge is 0.457 e. The Morgan fingerprint density at radius 1 is 1.09 bits per heavy atom. The van der Waals surface area contributed by atoms with E-state index in [-0.39, 0.29) is 11.0 Å². The van der Waals surface area contributed by atoms with Gasteiger partial charge in [0, 0.05) is 12.3 Å². The molecule has 3 nitrogen and oxygen atoms in total. The first-order valence-electron chi connectivity index (χ1n) is 7.70. The Morgan fingerprint density at radius 2 is 1.78 bits per heavy atom. The molecule has 0 fully saturated rings. The zero-order valence-electron chi connectivity index (χ0n) is 13.9. The molecule has 2 rings (SSSR count). The number of thioether (sulfide) groups is 1. The van der Waals surface area contributed by atoms with Gasteiger partial charge in [-0.1, -0.05) is 49.0 Å². The van der Waals surface area contributed by atoms with Crippen LogP contribution in [0.2, 0.25) is 0 Å². The third kappa shape index (κ3) is 5.73. The zero-order chi connectivity index (χ0) is 16.7. The van der Waals surface area contributed by atoms with Gasteiger partial charge < -0.3 is 9.64 Å². The third-order valence-corrected chi connectivity index (χ3v) is 4.50. The lowest BCUT2D eigenvalue weighted by Crippen LogP contribution is -2.16. The van der Waals surface area contributed by atoms with Gasteiger partial charge in [-0.25, -0.2) is 0 Å². The molecule has 0 saturated heterocycles. The van der Waals surface area contributed by atoms with Crippen molar-refractivity contribution in [3.05, 3.63) is 60.2 Å². The Kier molecular flexibility index (Phi) is 6.68. The fourth-order valence-electron chi connectivity index (χ4n) is 2.06. The van der Waals surface area contributed by atoms with Gasteiger partial charge in [0.1, 0.15) is 11.5 Å². The van der Waals surface area contributed by atoms with Crippen molar-refractivity contribution in [2.45, 2.75) is 12.8 Å². The highest BCUT2D eigenvalue weighted by Crippen LogP contribution is 2.27. The standard InChI is InChI=1S/C19H23NO2S/c1-15(19(21)23-13-12-20(2)3)16-8-7-11-18(14-16)22-17-9-5-4-6-10-17/h4-11,14-15H,12-13H2,1-3H3. The first kappa shape index (κ1) is 17.6. The Bertz CT molecular complexity index is 628. The van der Waals surface area contributed by atoms with E-state index >= 15 is 0 Å². The van der Waals surface area contributed by atoms with Crippen molar-refractivity contribution in [1.82, 2.24) is 4.90 Å². The molecule has 0 amide bonds. The van der Waals surface area contributed by atoms with Gasteiger partial charge in [-0.2, -0.15) is 0 Å². The van der Waals surface area contributed by atoms with Gasteiger partial charge in [0.05, 0.1) is 5.92 Å². The second kappa shape index (κ2) is 8.75. The van der Waals surface area contributed by atoms with Crippen LogP contribution in [0.4, 0.5) is 0 Å². The zero-order valence-corrected chi connectivity index (χ0v) is 14.7. The summed E-state index contributed by atoms with van der Waals surface area (Å²) in [7, 11) is 4.03. The lowest BCUT2D eigenvalue weighted by atomic mass is 10.0. The number of hydrogen-bond acceptors (Lipinski definition) is 4. The molecule has 122 valence electrons. The highest BCUT2D eigenvalue weighted by molar-refractivity contribution is 8.13. The van der Waals surface area contributed by atoms with Gasteiger partial charge in [0.15, 0.2) is 5.12 Å². The van der Waals surface area contributed by atoms with E-state index in [4.69, 9.17) is 4.74 Å². The van der Waals surface area contributed by atoms with E-state index in [1.807, 2.05) is 75.6 Å². The van der Waals surface area contributed by atoms with Crippen molar-refractivity contribution < 1.29 is 9.53 Å². The molecule has 0 aliphatic heterocycles. The van der Waals surface area contributed by atoms with Crippen LogP contribution in [-0.2, 0) is 4.79 Å². The summed E-state index contributed by atoms with van der Waals surface area (Å²) < 4.78 is 5.84. The van der Waals surface area contributed by atoms with E-state index in [2.05, 4.69) is 4.90 Å². The summed E-state index contributed by atoms with van der Waals surface area (Å²) in [5.74, 6) is 2.23. The second-order valence-electron chi connectivity index (χ2n) is 5.68. The van der Waals surface area contributed by atoms with Gasteiger partial charge in [-0.15, -0.1) is 0 Å². The molecule has 2 aromatic carbocycles. The average Bonchev–Trinajstić information content (AvgIpc) is 2.55. The number of carbonyl (C=O) groups is 1. The quantitative estimate of drug-likeness (QED) is 0.753. The summed E-state index contributed by atoms with van der Waals surface area (Å²) in [5.41, 5.74) is 0.987. The maximum Gasteiger partial charge on any atom is 0.196 e. The number of para-hydroxylation sites is 1. The minimum atomic E-state index is -0.138. The minimum absolute atomic E-state index is 0.138. The monoisotopic (exact) mass is 329 g/mol. The third-order valence-electron chi connectivity index (χ3n) is 3.47. The highest BCUT2D eigenvalue weighted by Gasteiger charge is 2.16. The summed E-state index contributed by atoms with van der Waals surface area (Å²) >= 11 is 1.40. The Balaban J connectivity index is 1.99. The van der Waals surface area contributed by atoms with Crippen LogP contribution in [0, 0.1) is 0 Å². The normalized spacial score (nSPS) is 12.2. The summed E-state index contributed by atoms with van der Waals surface area (Å²) in [6, 6.07) is 17.4. The fourth-order valence-corrected chi connectivity index (χ4v) is 3.11. The molecule has 1 atom stereocenters. The molecule has 0 aliphatic carbocycles. The lowest BCUT2D eigenvalue weighted by Gasteiger charge is -2.13. The number of hydrogen-bond donors (Lipinski definition) is 0. The molecule has 0 saturated carbocycles. The van der Waals surface area contributed by atoms with E-state index in [9.17, 15) is 4.79 Å². The minimum Gasteiger partial charge on any atom is -0.457 e. The molecular formula is C19H23NO2S. The second-order valence-corrected chi connectivity index (χ2v) is 6.78. The Morgan fingerprint density at radius 3 is 2.48 bits per heavy atom. The van der Waals surface area contributed by atoms with E-state index in [1.54, 1.807) is 0 Å². The van der Waals surface area contributed by atoms with Crippen LogP contribution in [0.25, 0.3) is 0 Å². The predicted molar refractivity (Wildman–Crippen MR) is 97.4 cm³/mol. The smallest absolute Gasteiger partial charge is 0.196 e. The van der Waals surface area contributed by atoms with Gasteiger partial charge in [-0.05, 0) is 43.9 Å². The number of ether oxygens (including phenoxy) is 1. The van der Waals surface area contributed by atoms with Crippen LogP contribution in [0.1, 0.15) is 18.4 Å². The Labute approximate surface area is 142 Å². The number of carbonyl (C=O) groups excluding carboxylic acids is 1. The fraction of sp³-hybridized carbons (Fsp3) is 0.316. The molecule has 0 heterocycles. The van der Waals surface area contributed by atoms with Crippen LogP contribution in [0.3, 0.4) is 0 Å². The summed E-state index contributed by atoms with van der Waals surface area (Å²) in [5, 5.41) is 0.198. The molecule has 0 radical (unpaired) electrons. The average molecular weight is 329 g/mol. The van der Waals surface area contributed by atoms with E-state index in [1.165, 1.54) is 11.8 Å². The van der Waals surface area contributed by atoms with E-state index < -0.39 is 0 Å². The summed E-state index contributed by atoms with van der Waals surface area (Å²) in [6.45, 7) is 2.85. The molecule has 23 heavy (non-hydrogen) atoms. The van der Waals surface area contributed by atoms with Gasteiger partial charge in [-0.3, -0.25) is 4.79 Å². The van der Waals surface area contributed by atoms with Gasteiger partial charge >= 0.3 is 0 Å². The summed E-state index contributed by atoms with van der Waals surface area (Å²) in [6.07, 6.45) is 0. The first-order chi connectivity index (χ1) is 11.1. The number of nitrogens with zero attached hydrogens (tertiary/aromatic N) is 1. The molecule has 0 N–H and O–H groups in total. The molecule has 2 aromatic rings. The molecule has 0 spiro atoms. The van der Waals surface area contributed by atoms with Crippen molar-refractivity contribution in [3.63, 3.8) is 0 Å². The predicted octanol–water partition coefficient (Wildman–Crippen LogP) is 4.40. The van der Waals surface area contributed by atoms with Crippen LogP contribution in [-0.4, -0.2) is 36.4 Å². The molecule has 0 aromatic heterocycles. The number of benzene rings is 2. The molecule has 0 aliphatic rings. The lowest BCUT2D eigenvalue weighted by molar-refractivity contribution is -0.111. The van der Waals surface area contributed by atoms with Crippen LogP contribution in [0.15, 0.2) is 54.6 Å². The highest BCUT2D eigenvalue weighted by atomic mass is 32.2. The SMILES string of the molecule is CC(C(=O)SCCN(C)C)c1cccc(Oc2ccccc2)c1. The van der Waals surface area contributed by atoms with E-state index in [0.717, 1.165) is 29.4 Å². The maximum atomic E-state index is 12.3. The topological polar surface area (TPSA) is 29.5 Å². The summed E-state index contributed by atoms with van der Waals surface area (Å²) in [4.78, 5) is 14.4. The van der Waals surface area contributed by atoms with E-state index in [0.29, 0.717) is 0 Å². The van der Waals surface area contributed by atoms with Crippen LogP contribution < -0.4 is 4.74 Å². The molecule has 4 heteroatoms. The first-order valence-corrected chi connectivity index (χ1v) is 8.69. The van der Waals surface area contributed by atoms with Gasteiger partial charge in [0.2, 0.25) is 0 Å². The van der Waals surface area contributed by atoms with Crippen LogP contribution in [0.5, 0.6) is 11.5 Å². The molecule has 0 bridgehead atoms. The molecular weight excluding hydrogens is 306 g/mol. The van der Waals surface area contributed by atoms with Crippen molar-refractivity contribution in [2.75, 3.05) is 26.4 Å². The van der Waals surface area contributed by atoms with Crippen LogP contribution >= 0.6 is 11.8 Å². The maximum absolute atomic E-state index is 12.3. The van der Waals surface area contributed by atoms with Crippen molar-refractivity contribution in [2.24, 2.45) is 0 Å². The van der Waals surface area contributed by atoms with Crippen molar-refractivity contribution in [1.29, 1.82) is 0 Å². The molecule has 1 unspecified atom stereocenters. The van der Waals surface area contributed by atoms with Crippen molar-refractivity contribution in [3.8, 4) is 11.5 Å². The number of rotatable bonds is 7.